The first-order valence-electron chi connectivity index (χ1n) is 6.59. The molecule has 116 valence electrons. The number of ether oxygens (including phenoxy) is 1. The molecular weight excluding hydrogens is 360 g/mol. The van der Waals surface area contributed by atoms with Crippen LogP contribution in [0.5, 0.6) is 11.5 Å². The maximum Gasteiger partial charge on any atom is 0.266 e. The van der Waals surface area contributed by atoms with Crippen LogP contribution >= 0.6 is 15.9 Å². The minimum absolute atomic E-state index is 0.0463. The topological polar surface area (TPSA) is 82.3 Å². The molecule has 5 nitrogen and oxygen atoms in total. The van der Waals surface area contributed by atoms with Crippen molar-refractivity contribution in [3.05, 3.63) is 58.1 Å². The summed E-state index contributed by atoms with van der Waals surface area (Å²) in [6.07, 6.45) is 1.31. The van der Waals surface area contributed by atoms with Crippen molar-refractivity contribution in [2.75, 3.05) is 12.4 Å². The Morgan fingerprint density at radius 1 is 1.30 bits per heavy atom. The molecule has 0 fully saturated rings. The Morgan fingerprint density at radius 2 is 2.00 bits per heavy atom. The third kappa shape index (κ3) is 4.34. The van der Waals surface area contributed by atoms with Crippen molar-refractivity contribution >= 4 is 33.6 Å². The first-order chi connectivity index (χ1) is 11.0. The molecular formula is C17H13BrN2O3. The van der Waals surface area contributed by atoms with E-state index >= 15 is 0 Å². The number of aromatic hydroxyl groups is 1. The van der Waals surface area contributed by atoms with Gasteiger partial charge in [0.25, 0.3) is 5.91 Å². The van der Waals surface area contributed by atoms with Gasteiger partial charge in [0.1, 0.15) is 23.1 Å². The highest BCUT2D eigenvalue weighted by molar-refractivity contribution is 9.10. The number of methoxy groups -OCH3 is 1. The van der Waals surface area contributed by atoms with Crippen LogP contribution < -0.4 is 10.1 Å². The predicted molar refractivity (Wildman–Crippen MR) is 91.0 cm³/mol. The van der Waals surface area contributed by atoms with E-state index in [1.54, 1.807) is 36.4 Å². The number of carbonyl (C=O) groups is 1. The van der Waals surface area contributed by atoms with Gasteiger partial charge in [-0.05, 0) is 48.5 Å². The van der Waals surface area contributed by atoms with E-state index < -0.39 is 5.91 Å². The first kappa shape index (κ1) is 16.6. The molecule has 0 unspecified atom stereocenters. The lowest BCUT2D eigenvalue weighted by atomic mass is 10.1. The van der Waals surface area contributed by atoms with Crippen molar-refractivity contribution in [2.45, 2.75) is 0 Å². The molecule has 2 N–H and O–H groups in total. The van der Waals surface area contributed by atoms with E-state index in [1.165, 1.54) is 19.3 Å². The summed E-state index contributed by atoms with van der Waals surface area (Å²) < 4.78 is 5.95. The van der Waals surface area contributed by atoms with Gasteiger partial charge in [0, 0.05) is 15.7 Å². The Morgan fingerprint density at radius 3 is 2.61 bits per heavy atom. The van der Waals surface area contributed by atoms with Crippen molar-refractivity contribution < 1.29 is 14.6 Å². The standard InChI is InChI=1S/C17H13BrN2O3/c1-23-15-6-7-16(21)11(9-15)8-12(10-19)17(22)20-14-4-2-13(18)3-5-14/h2-9,21H,1H3,(H,20,22)/b12-8-. The summed E-state index contributed by atoms with van der Waals surface area (Å²) in [4.78, 5) is 12.2. The number of phenolic OH excluding ortho intramolecular Hbond substituents is 1. The van der Waals surface area contributed by atoms with Crippen LogP contribution in [0.25, 0.3) is 6.08 Å². The number of amides is 1. The quantitative estimate of drug-likeness (QED) is 0.632. The van der Waals surface area contributed by atoms with Crippen LogP contribution in [0.3, 0.4) is 0 Å². The van der Waals surface area contributed by atoms with E-state index in [1.807, 2.05) is 6.07 Å². The summed E-state index contributed by atoms with van der Waals surface area (Å²) in [6, 6.07) is 13.4. The molecule has 0 radical (unpaired) electrons. The molecule has 2 aromatic rings. The maximum absolute atomic E-state index is 12.2. The van der Waals surface area contributed by atoms with Gasteiger partial charge in [0.15, 0.2) is 0 Å². The number of hydrogen-bond acceptors (Lipinski definition) is 4. The van der Waals surface area contributed by atoms with Gasteiger partial charge in [0.05, 0.1) is 7.11 Å². The fraction of sp³-hybridized carbons (Fsp3) is 0.0588. The molecule has 0 bridgehead atoms. The lowest BCUT2D eigenvalue weighted by Crippen LogP contribution is -2.13. The normalized spacial score (nSPS) is 10.7. The van der Waals surface area contributed by atoms with Crippen molar-refractivity contribution in [3.63, 3.8) is 0 Å². The number of benzene rings is 2. The number of nitrogens with zero attached hydrogens (tertiary/aromatic N) is 1. The Kier molecular flexibility index (Phi) is 5.39. The summed E-state index contributed by atoms with van der Waals surface area (Å²) >= 11 is 3.30. The number of halogens is 1. The number of phenols is 1. The van der Waals surface area contributed by atoms with Crippen LogP contribution in [0.15, 0.2) is 52.5 Å². The first-order valence-corrected chi connectivity index (χ1v) is 7.38. The van der Waals surface area contributed by atoms with Gasteiger partial charge in [0.2, 0.25) is 0 Å². The van der Waals surface area contributed by atoms with E-state index in [4.69, 9.17) is 4.74 Å². The largest absolute Gasteiger partial charge is 0.507 e. The van der Waals surface area contributed by atoms with Crippen LogP contribution in [-0.4, -0.2) is 18.1 Å². The van der Waals surface area contributed by atoms with Gasteiger partial charge in [-0.2, -0.15) is 5.26 Å². The van der Waals surface area contributed by atoms with Gasteiger partial charge in [-0.25, -0.2) is 0 Å². The van der Waals surface area contributed by atoms with E-state index in [2.05, 4.69) is 21.2 Å². The SMILES string of the molecule is COc1ccc(O)c(/C=C(/C#N)C(=O)Nc2ccc(Br)cc2)c1. The lowest BCUT2D eigenvalue weighted by molar-refractivity contribution is -0.112. The minimum Gasteiger partial charge on any atom is -0.507 e. The van der Waals surface area contributed by atoms with Gasteiger partial charge in [-0.3, -0.25) is 4.79 Å². The summed E-state index contributed by atoms with van der Waals surface area (Å²) in [5.74, 6) is -0.0910. The third-order valence-corrected chi connectivity index (χ3v) is 3.53. The summed E-state index contributed by atoms with van der Waals surface area (Å²) in [5, 5.41) is 21.7. The molecule has 23 heavy (non-hydrogen) atoms. The minimum atomic E-state index is -0.558. The molecule has 0 spiro atoms. The molecule has 0 aliphatic rings. The maximum atomic E-state index is 12.2. The molecule has 0 saturated carbocycles. The molecule has 0 atom stereocenters. The number of carbonyl (C=O) groups excluding carboxylic acids is 1. The highest BCUT2D eigenvalue weighted by Crippen LogP contribution is 2.25. The van der Waals surface area contributed by atoms with Crippen molar-refractivity contribution in [1.29, 1.82) is 5.26 Å². The number of nitrogens with one attached hydrogen (secondary N) is 1. The molecule has 1 amide bonds. The van der Waals surface area contributed by atoms with E-state index in [-0.39, 0.29) is 11.3 Å². The summed E-state index contributed by atoms with van der Waals surface area (Å²) in [5.41, 5.74) is 0.762. The Balaban J connectivity index is 2.26. The van der Waals surface area contributed by atoms with E-state index in [0.29, 0.717) is 17.0 Å². The molecule has 0 aliphatic carbocycles. The number of rotatable bonds is 4. The molecule has 0 aliphatic heterocycles. The third-order valence-electron chi connectivity index (χ3n) is 3.00. The molecule has 2 aromatic carbocycles. The molecule has 0 aromatic heterocycles. The van der Waals surface area contributed by atoms with Crippen molar-refractivity contribution in [3.8, 4) is 17.6 Å². The van der Waals surface area contributed by atoms with Gasteiger partial charge in [-0.15, -0.1) is 0 Å². The Bertz CT molecular complexity index is 792. The van der Waals surface area contributed by atoms with Crippen LogP contribution in [-0.2, 0) is 4.79 Å². The van der Waals surface area contributed by atoms with Crippen molar-refractivity contribution in [2.24, 2.45) is 0 Å². The Labute approximate surface area is 142 Å². The summed E-state index contributed by atoms with van der Waals surface area (Å²) in [6.45, 7) is 0. The zero-order valence-corrected chi connectivity index (χ0v) is 13.8. The number of nitriles is 1. The smallest absolute Gasteiger partial charge is 0.266 e. The fourth-order valence-corrected chi connectivity index (χ4v) is 2.08. The summed E-state index contributed by atoms with van der Waals surface area (Å²) in [7, 11) is 1.49. The van der Waals surface area contributed by atoms with Crippen molar-refractivity contribution in [1.82, 2.24) is 0 Å². The fourth-order valence-electron chi connectivity index (χ4n) is 1.81. The highest BCUT2D eigenvalue weighted by Gasteiger charge is 2.11. The molecule has 0 heterocycles. The molecule has 6 heteroatoms. The number of anilines is 1. The van der Waals surface area contributed by atoms with Crippen LogP contribution in [0.2, 0.25) is 0 Å². The van der Waals surface area contributed by atoms with E-state index in [0.717, 1.165) is 4.47 Å². The monoisotopic (exact) mass is 372 g/mol. The average molecular weight is 373 g/mol. The van der Waals surface area contributed by atoms with Crippen LogP contribution in [0.4, 0.5) is 5.69 Å². The highest BCUT2D eigenvalue weighted by atomic mass is 79.9. The Hall–Kier alpha value is -2.78. The van der Waals surface area contributed by atoms with Gasteiger partial charge in [-0.1, -0.05) is 15.9 Å². The zero-order valence-electron chi connectivity index (χ0n) is 12.2. The lowest BCUT2D eigenvalue weighted by Gasteiger charge is -2.06. The van der Waals surface area contributed by atoms with Gasteiger partial charge >= 0.3 is 0 Å². The van der Waals surface area contributed by atoms with E-state index in [9.17, 15) is 15.2 Å². The number of hydrogen-bond donors (Lipinski definition) is 2. The second-order valence-electron chi connectivity index (χ2n) is 4.56. The van der Waals surface area contributed by atoms with Crippen LogP contribution in [0, 0.1) is 11.3 Å². The second-order valence-corrected chi connectivity index (χ2v) is 5.47. The molecule has 0 saturated heterocycles. The average Bonchev–Trinajstić information content (AvgIpc) is 2.56. The molecule has 2 rings (SSSR count). The second kappa shape index (κ2) is 7.47. The zero-order chi connectivity index (χ0) is 16.8. The van der Waals surface area contributed by atoms with Crippen LogP contribution in [0.1, 0.15) is 5.56 Å². The predicted octanol–water partition coefficient (Wildman–Crippen LogP) is 3.71. The van der Waals surface area contributed by atoms with Gasteiger partial charge < -0.3 is 15.2 Å².